The van der Waals surface area contributed by atoms with Gasteiger partial charge in [-0.2, -0.15) is 4.68 Å². The van der Waals surface area contributed by atoms with Crippen LogP contribution in [0.15, 0.2) is 84.1 Å². The van der Waals surface area contributed by atoms with Crippen molar-refractivity contribution in [2.45, 2.75) is 26.5 Å². The topological polar surface area (TPSA) is 103 Å². The van der Waals surface area contributed by atoms with Gasteiger partial charge >= 0.3 is 0 Å². The molecule has 0 saturated carbocycles. The number of nitrogens with one attached hydrogen (secondary N) is 2. The number of allylic oxidation sites excluding steroid dienone is 1. The molecule has 0 spiro atoms. The number of aromatic nitrogens is 4. The van der Waals surface area contributed by atoms with Crippen LogP contribution < -0.4 is 20.1 Å². The minimum absolute atomic E-state index is 0.252. The highest BCUT2D eigenvalue weighted by Gasteiger charge is 2.34. The number of nitrogens with zero attached hydrogens (tertiary/aromatic N) is 4. The first kappa shape index (κ1) is 23.1. The van der Waals surface area contributed by atoms with Crippen LogP contribution in [0.5, 0.6) is 11.5 Å². The van der Waals surface area contributed by atoms with Crippen LogP contribution in [0.25, 0.3) is 0 Å². The number of fused-ring (bicyclic) bond motifs is 1. The fourth-order valence-electron chi connectivity index (χ4n) is 4.16. The SMILES string of the molecule is COc1cc([C@@H]2C(C(=O)Nc3ccc(C)cc3)=C(C)Nc3nnnn32)ccc1OCc1ccccc1. The van der Waals surface area contributed by atoms with Crippen molar-refractivity contribution < 1.29 is 14.3 Å². The van der Waals surface area contributed by atoms with Crippen LogP contribution in [0.2, 0.25) is 0 Å². The van der Waals surface area contributed by atoms with Crippen molar-refractivity contribution in [3.63, 3.8) is 0 Å². The lowest BCUT2D eigenvalue weighted by molar-refractivity contribution is -0.113. The summed E-state index contributed by atoms with van der Waals surface area (Å²) in [6.07, 6.45) is 0. The van der Waals surface area contributed by atoms with Crippen molar-refractivity contribution in [1.29, 1.82) is 0 Å². The third kappa shape index (κ3) is 4.63. The second-order valence-corrected chi connectivity index (χ2v) is 8.52. The molecule has 182 valence electrons. The third-order valence-corrected chi connectivity index (χ3v) is 6.01. The van der Waals surface area contributed by atoms with Crippen LogP contribution >= 0.6 is 0 Å². The molecule has 9 heteroatoms. The van der Waals surface area contributed by atoms with Crippen molar-refractivity contribution in [2.24, 2.45) is 0 Å². The second kappa shape index (κ2) is 9.91. The highest BCUT2D eigenvalue weighted by molar-refractivity contribution is 6.06. The average Bonchev–Trinajstić information content (AvgIpc) is 3.36. The Morgan fingerprint density at radius 1 is 1.03 bits per heavy atom. The van der Waals surface area contributed by atoms with Crippen LogP contribution in [0, 0.1) is 6.92 Å². The van der Waals surface area contributed by atoms with Crippen LogP contribution in [0.4, 0.5) is 11.6 Å². The molecule has 1 amide bonds. The first-order valence-electron chi connectivity index (χ1n) is 11.5. The molecule has 0 bridgehead atoms. The maximum Gasteiger partial charge on any atom is 0.255 e. The minimum atomic E-state index is -0.571. The average molecular weight is 483 g/mol. The molecular weight excluding hydrogens is 456 g/mol. The quantitative estimate of drug-likeness (QED) is 0.400. The van der Waals surface area contributed by atoms with Gasteiger partial charge in [-0.15, -0.1) is 0 Å². The molecule has 5 rings (SSSR count). The van der Waals surface area contributed by atoms with Gasteiger partial charge in [0, 0.05) is 11.4 Å². The van der Waals surface area contributed by atoms with Crippen LogP contribution in [-0.4, -0.2) is 33.2 Å². The van der Waals surface area contributed by atoms with Gasteiger partial charge < -0.3 is 20.1 Å². The van der Waals surface area contributed by atoms with Crippen molar-refractivity contribution in [1.82, 2.24) is 20.2 Å². The molecule has 2 heterocycles. The second-order valence-electron chi connectivity index (χ2n) is 8.52. The lowest BCUT2D eigenvalue weighted by Crippen LogP contribution is -2.31. The van der Waals surface area contributed by atoms with E-state index >= 15 is 0 Å². The number of carbonyl (C=O) groups is 1. The fraction of sp³-hybridized carbons (Fsp3) is 0.185. The number of aryl methyl sites for hydroxylation is 1. The summed E-state index contributed by atoms with van der Waals surface area (Å²) < 4.78 is 13.3. The van der Waals surface area contributed by atoms with Crippen molar-refractivity contribution >= 4 is 17.5 Å². The van der Waals surface area contributed by atoms with E-state index in [1.807, 2.05) is 86.6 Å². The zero-order valence-electron chi connectivity index (χ0n) is 20.2. The standard InChI is InChI=1S/C27H26N6O3/c1-17-9-12-21(13-10-17)29-26(34)24-18(2)28-27-30-31-32-33(27)25(24)20-11-14-22(23(15-20)35-3)36-16-19-7-5-4-6-8-19/h4-15,25H,16H2,1-3H3,(H,29,34)(H,28,30,32)/t25-/m1/s1. The first-order valence-corrected chi connectivity index (χ1v) is 11.5. The molecule has 1 atom stereocenters. The maximum absolute atomic E-state index is 13.5. The minimum Gasteiger partial charge on any atom is -0.493 e. The van der Waals surface area contributed by atoms with Crippen molar-refractivity contribution in [2.75, 3.05) is 17.7 Å². The van der Waals surface area contributed by atoms with E-state index in [1.165, 1.54) is 0 Å². The summed E-state index contributed by atoms with van der Waals surface area (Å²) in [6, 6.07) is 22.6. The summed E-state index contributed by atoms with van der Waals surface area (Å²) in [5.74, 6) is 1.35. The van der Waals surface area contributed by atoms with E-state index in [4.69, 9.17) is 9.47 Å². The third-order valence-electron chi connectivity index (χ3n) is 6.01. The summed E-state index contributed by atoms with van der Waals surface area (Å²) >= 11 is 0. The van der Waals surface area contributed by atoms with E-state index in [-0.39, 0.29) is 5.91 Å². The number of anilines is 2. The Bertz CT molecular complexity index is 1410. The molecule has 0 fully saturated rings. The molecule has 2 N–H and O–H groups in total. The summed E-state index contributed by atoms with van der Waals surface area (Å²) in [5.41, 5.74) is 4.80. The van der Waals surface area contributed by atoms with Gasteiger partial charge in [0.1, 0.15) is 12.6 Å². The molecule has 36 heavy (non-hydrogen) atoms. The van der Waals surface area contributed by atoms with Gasteiger partial charge in [-0.3, -0.25) is 4.79 Å². The summed E-state index contributed by atoms with van der Waals surface area (Å²) in [6.45, 7) is 4.24. The fourth-order valence-corrected chi connectivity index (χ4v) is 4.16. The number of rotatable bonds is 7. The summed E-state index contributed by atoms with van der Waals surface area (Å²) in [7, 11) is 1.59. The number of benzene rings is 3. The van der Waals surface area contributed by atoms with E-state index < -0.39 is 6.04 Å². The Balaban J connectivity index is 1.48. The predicted molar refractivity (Wildman–Crippen MR) is 136 cm³/mol. The van der Waals surface area contributed by atoms with Gasteiger partial charge in [-0.05, 0) is 59.7 Å². The predicted octanol–water partition coefficient (Wildman–Crippen LogP) is 4.50. The zero-order valence-corrected chi connectivity index (χ0v) is 20.2. The van der Waals surface area contributed by atoms with E-state index in [2.05, 4.69) is 26.2 Å². The monoisotopic (exact) mass is 482 g/mol. The first-order chi connectivity index (χ1) is 17.5. The Morgan fingerprint density at radius 2 is 1.81 bits per heavy atom. The molecule has 0 radical (unpaired) electrons. The highest BCUT2D eigenvalue weighted by Crippen LogP contribution is 2.38. The summed E-state index contributed by atoms with van der Waals surface area (Å²) in [5, 5.41) is 18.2. The van der Waals surface area contributed by atoms with E-state index in [1.54, 1.807) is 11.8 Å². The molecule has 0 aliphatic carbocycles. The maximum atomic E-state index is 13.5. The molecule has 0 unspecified atom stereocenters. The van der Waals surface area contributed by atoms with Crippen LogP contribution in [0.3, 0.4) is 0 Å². The number of tetrazole rings is 1. The molecule has 9 nitrogen and oxygen atoms in total. The molecule has 0 saturated heterocycles. The number of hydrogen-bond acceptors (Lipinski definition) is 7. The van der Waals surface area contributed by atoms with E-state index in [0.717, 1.165) is 16.7 Å². The molecule has 1 aliphatic heterocycles. The van der Waals surface area contributed by atoms with Gasteiger partial charge in [0.25, 0.3) is 5.91 Å². The lowest BCUT2D eigenvalue weighted by atomic mass is 9.94. The normalized spacial score (nSPS) is 14.6. The number of amides is 1. The Hall–Kier alpha value is -4.66. The van der Waals surface area contributed by atoms with Crippen LogP contribution in [-0.2, 0) is 11.4 Å². The van der Waals surface area contributed by atoms with Crippen molar-refractivity contribution in [3.8, 4) is 11.5 Å². The van der Waals surface area contributed by atoms with E-state index in [9.17, 15) is 4.79 Å². The largest absolute Gasteiger partial charge is 0.493 e. The summed E-state index contributed by atoms with van der Waals surface area (Å²) in [4.78, 5) is 13.5. The number of methoxy groups -OCH3 is 1. The van der Waals surface area contributed by atoms with Crippen molar-refractivity contribution in [3.05, 3.63) is 101 Å². The lowest BCUT2D eigenvalue weighted by Gasteiger charge is -2.28. The number of ether oxygens (including phenoxy) is 2. The molecule has 3 aromatic carbocycles. The highest BCUT2D eigenvalue weighted by atomic mass is 16.5. The molecule has 1 aromatic heterocycles. The zero-order chi connectivity index (χ0) is 25.1. The van der Waals surface area contributed by atoms with Gasteiger partial charge in [0.05, 0.1) is 12.7 Å². The number of hydrogen-bond donors (Lipinski definition) is 2. The smallest absolute Gasteiger partial charge is 0.255 e. The molecule has 4 aromatic rings. The Labute approximate surface area is 208 Å². The molecule has 1 aliphatic rings. The van der Waals surface area contributed by atoms with Gasteiger partial charge in [-0.25, -0.2) is 0 Å². The van der Waals surface area contributed by atoms with Gasteiger partial charge in [0.2, 0.25) is 5.95 Å². The molecular formula is C27H26N6O3. The van der Waals surface area contributed by atoms with Gasteiger partial charge in [-0.1, -0.05) is 59.2 Å². The Morgan fingerprint density at radius 3 is 2.56 bits per heavy atom. The Kier molecular flexibility index (Phi) is 6.36. The van der Waals surface area contributed by atoms with Gasteiger partial charge in [0.15, 0.2) is 11.5 Å². The van der Waals surface area contributed by atoms with Crippen LogP contribution in [0.1, 0.15) is 29.7 Å². The number of carbonyl (C=O) groups excluding carboxylic acids is 1. The van der Waals surface area contributed by atoms with E-state index in [0.29, 0.717) is 41.0 Å².